The number of anilines is 2. The lowest BCUT2D eigenvalue weighted by Crippen LogP contribution is -2.32. The summed E-state index contributed by atoms with van der Waals surface area (Å²) in [5.41, 5.74) is 3.66. The molecule has 3 aromatic carbocycles. The first kappa shape index (κ1) is 24.9. The van der Waals surface area contributed by atoms with Gasteiger partial charge in [-0.15, -0.1) is 0 Å². The standard InChI is InChI=1S/C28H22ClN3O3S/c1-18-17-22(11-14-24(18)31-27(34)20-5-3-2-4-6-20)30-28(36)32-26(33)16-13-23-12-15-25(35-23)19-7-9-21(29)10-8-19/h2-17H,1H3,(H,31,34)(H2,30,32,33,36). The monoisotopic (exact) mass is 515 g/mol. The summed E-state index contributed by atoms with van der Waals surface area (Å²) in [6.07, 6.45) is 2.90. The summed E-state index contributed by atoms with van der Waals surface area (Å²) in [7, 11) is 0. The smallest absolute Gasteiger partial charge is 0.255 e. The zero-order valence-electron chi connectivity index (χ0n) is 19.2. The van der Waals surface area contributed by atoms with Gasteiger partial charge in [0.2, 0.25) is 5.91 Å². The highest BCUT2D eigenvalue weighted by molar-refractivity contribution is 7.80. The Morgan fingerprint density at radius 1 is 0.917 bits per heavy atom. The van der Waals surface area contributed by atoms with Gasteiger partial charge in [0, 0.05) is 33.6 Å². The fourth-order valence-electron chi connectivity index (χ4n) is 3.35. The van der Waals surface area contributed by atoms with Crippen LogP contribution in [0.15, 0.2) is 95.4 Å². The molecule has 2 amide bonds. The number of carbonyl (C=O) groups is 2. The van der Waals surface area contributed by atoms with E-state index in [-0.39, 0.29) is 11.0 Å². The van der Waals surface area contributed by atoms with Crippen molar-refractivity contribution in [1.82, 2.24) is 5.32 Å². The lowest BCUT2D eigenvalue weighted by atomic mass is 10.1. The zero-order valence-corrected chi connectivity index (χ0v) is 20.8. The maximum absolute atomic E-state index is 12.4. The number of aryl methyl sites for hydroxylation is 1. The molecule has 36 heavy (non-hydrogen) atoms. The average molecular weight is 516 g/mol. The minimum atomic E-state index is -0.402. The van der Waals surface area contributed by atoms with Crippen LogP contribution < -0.4 is 16.0 Å². The Morgan fingerprint density at radius 3 is 2.39 bits per heavy atom. The lowest BCUT2D eigenvalue weighted by Gasteiger charge is -2.12. The van der Waals surface area contributed by atoms with E-state index < -0.39 is 5.91 Å². The van der Waals surface area contributed by atoms with E-state index in [0.29, 0.717) is 33.5 Å². The topological polar surface area (TPSA) is 83.4 Å². The zero-order chi connectivity index (χ0) is 25.5. The summed E-state index contributed by atoms with van der Waals surface area (Å²) in [5, 5.41) is 9.26. The molecule has 0 aliphatic rings. The number of amides is 2. The summed E-state index contributed by atoms with van der Waals surface area (Å²) >= 11 is 11.2. The van der Waals surface area contributed by atoms with Crippen LogP contribution in [0.1, 0.15) is 21.7 Å². The molecule has 3 N–H and O–H groups in total. The quantitative estimate of drug-likeness (QED) is 0.197. The van der Waals surface area contributed by atoms with E-state index in [4.69, 9.17) is 28.2 Å². The fraction of sp³-hybridized carbons (Fsp3) is 0.0357. The summed E-state index contributed by atoms with van der Waals surface area (Å²) in [6, 6.07) is 25.2. The van der Waals surface area contributed by atoms with Gasteiger partial charge in [-0.3, -0.25) is 14.9 Å². The van der Waals surface area contributed by atoms with Crippen molar-refractivity contribution in [2.75, 3.05) is 10.6 Å². The summed E-state index contributed by atoms with van der Waals surface area (Å²) in [6.45, 7) is 1.87. The largest absolute Gasteiger partial charge is 0.457 e. The van der Waals surface area contributed by atoms with E-state index in [2.05, 4.69) is 16.0 Å². The molecule has 4 aromatic rings. The first-order valence-corrected chi connectivity index (χ1v) is 11.8. The van der Waals surface area contributed by atoms with Crippen molar-refractivity contribution in [3.63, 3.8) is 0 Å². The minimum absolute atomic E-state index is 0.145. The van der Waals surface area contributed by atoms with Crippen LogP contribution >= 0.6 is 23.8 Å². The molecule has 0 bridgehead atoms. The number of halogens is 1. The van der Waals surface area contributed by atoms with Gasteiger partial charge in [-0.05, 0) is 97.5 Å². The first-order chi connectivity index (χ1) is 17.4. The Morgan fingerprint density at radius 2 is 1.67 bits per heavy atom. The third kappa shape index (κ3) is 6.69. The molecule has 0 atom stereocenters. The molecule has 0 unspecified atom stereocenters. The van der Waals surface area contributed by atoms with Crippen LogP contribution in [0.2, 0.25) is 5.02 Å². The molecular formula is C28H22ClN3O3S. The van der Waals surface area contributed by atoms with Gasteiger partial charge in [0.05, 0.1) is 0 Å². The van der Waals surface area contributed by atoms with Crippen LogP contribution in [-0.2, 0) is 4.79 Å². The third-order valence-electron chi connectivity index (χ3n) is 5.16. The normalized spacial score (nSPS) is 10.7. The second kappa shape index (κ2) is 11.5. The van der Waals surface area contributed by atoms with Crippen LogP contribution in [-0.4, -0.2) is 16.9 Å². The Labute approximate surface area is 219 Å². The highest BCUT2D eigenvalue weighted by Gasteiger charge is 2.09. The molecule has 180 valence electrons. The van der Waals surface area contributed by atoms with Gasteiger partial charge in [0.25, 0.3) is 5.91 Å². The second-order valence-electron chi connectivity index (χ2n) is 7.84. The predicted molar refractivity (Wildman–Crippen MR) is 148 cm³/mol. The van der Waals surface area contributed by atoms with E-state index in [1.165, 1.54) is 6.08 Å². The van der Waals surface area contributed by atoms with Crippen LogP contribution in [0.3, 0.4) is 0 Å². The SMILES string of the molecule is Cc1cc(NC(=S)NC(=O)C=Cc2ccc(-c3ccc(Cl)cc3)o2)ccc1NC(=O)c1ccccc1. The van der Waals surface area contributed by atoms with Crippen molar-refractivity contribution < 1.29 is 14.0 Å². The Kier molecular flexibility index (Phi) is 7.95. The van der Waals surface area contributed by atoms with Gasteiger partial charge in [-0.1, -0.05) is 29.8 Å². The first-order valence-electron chi connectivity index (χ1n) is 11.0. The molecule has 6 nitrogen and oxygen atoms in total. The molecule has 0 radical (unpaired) electrons. The van der Waals surface area contributed by atoms with E-state index in [1.807, 2.05) is 49.4 Å². The van der Waals surface area contributed by atoms with E-state index in [0.717, 1.165) is 11.1 Å². The van der Waals surface area contributed by atoms with Crippen LogP contribution in [0.4, 0.5) is 11.4 Å². The van der Waals surface area contributed by atoms with Crippen molar-refractivity contribution in [2.45, 2.75) is 6.92 Å². The number of hydrogen-bond acceptors (Lipinski definition) is 4. The molecule has 0 aliphatic heterocycles. The number of thiocarbonyl (C=S) groups is 1. The second-order valence-corrected chi connectivity index (χ2v) is 8.68. The van der Waals surface area contributed by atoms with Crippen LogP contribution in [0.5, 0.6) is 0 Å². The van der Waals surface area contributed by atoms with Crippen LogP contribution in [0, 0.1) is 6.92 Å². The van der Waals surface area contributed by atoms with Gasteiger partial charge in [-0.25, -0.2) is 0 Å². The number of benzene rings is 3. The van der Waals surface area contributed by atoms with Crippen molar-refractivity contribution in [2.24, 2.45) is 0 Å². The van der Waals surface area contributed by atoms with Gasteiger partial charge < -0.3 is 15.1 Å². The number of furan rings is 1. The van der Waals surface area contributed by atoms with E-state index in [9.17, 15) is 9.59 Å². The molecular weight excluding hydrogens is 494 g/mol. The molecule has 0 saturated heterocycles. The molecule has 0 fully saturated rings. The highest BCUT2D eigenvalue weighted by atomic mass is 35.5. The highest BCUT2D eigenvalue weighted by Crippen LogP contribution is 2.24. The molecule has 0 saturated carbocycles. The fourth-order valence-corrected chi connectivity index (χ4v) is 3.70. The number of rotatable bonds is 6. The number of carbonyl (C=O) groups excluding carboxylic acids is 2. The molecule has 1 heterocycles. The molecule has 0 aliphatic carbocycles. The summed E-state index contributed by atoms with van der Waals surface area (Å²) in [5.74, 6) is 0.603. The molecule has 1 aromatic heterocycles. The van der Waals surface area contributed by atoms with Crippen molar-refractivity contribution in [3.8, 4) is 11.3 Å². The average Bonchev–Trinajstić information content (AvgIpc) is 3.34. The Bertz CT molecular complexity index is 1430. The van der Waals surface area contributed by atoms with Gasteiger partial charge >= 0.3 is 0 Å². The minimum Gasteiger partial charge on any atom is -0.457 e. The Balaban J connectivity index is 1.30. The van der Waals surface area contributed by atoms with Gasteiger partial charge in [0.1, 0.15) is 11.5 Å². The number of nitrogens with one attached hydrogen (secondary N) is 3. The number of hydrogen-bond donors (Lipinski definition) is 3. The Hall–Kier alpha value is -4.20. The van der Waals surface area contributed by atoms with Crippen molar-refractivity contribution >= 4 is 58.2 Å². The van der Waals surface area contributed by atoms with E-state index >= 15 is 0 Å². The van der Waals surface area contributed by atoms with Gasteiger partial charge in [-0.2, -0.15) is 0 Å². The van der Waals surface area contributed by atoms with Crippen molar-refractivity contribution in [1.29, 1.82) is 0 Å². The van der Waals surface area contributed by atoms with Crippen molar-refractivity contribution in [3.05, 3.63) is 113 Å². The molecule has 4 rings (SSSR count). The lowest BCUT2D eigenvalue weighted by molar-refractivity contribution is -0.115. The van der Waals surface area contributed by atoms with Gasteiger partial charge in [0.15, 0.2) is 5.11 Å². The molecule has 0 spiro atoms. The summed E-state index contributed by atoms with van der Waals surface area (Å²) in [4.78, 5) is 24.7. The maximum atomic E-state index is 12.4. The van der Waals surface area contributed by atoms with E-state index in [1.54, 1.807) is 48.5 Å². The summed E-state index contributed by atoms with van der Waals surface area (Å²) < 4.78 is 5.75. The maximum Gasteiger partial charge on any atom is 0.255 e. The molecule has 8 heteroatoms. The van der Waals surface area contributed by atoms with Crippen LogP contribution in [0.25, 0.3) is 17.4 Å². The predicted octanol–water partition coefficient (Wildman–Crippen LogP) is 6.69. The third-order valence-corrected chi connectivity index (χ3v) is 5.62.